The number of hydrogen-bond acceptors (Lipinski definition) is 18. The third-order valence-corrected chi connectivity index (χ3v) is 17.1. The summed E-state index contributed by atoms with van der Waals surface area (Å²) in [5.74, 6) is -2.83. The molecule has 20 heteroatoms. The number of rotatable bonds is 15. The lowest BCUT2D eigenvalue weighted by atomic mass is 9.68. The number of aliphatic hydroxyl groups is 4. The van der Waals surface area contributed by atoms with Crippen LogP contribution in [0.4, 0.5) is 4.39 Å². The first-order valence-electron chi connectivity index (χ1n) is 26.8. The SMILES string of the molecule is CC[C@H]1OC(=O)[C@H](C)[C@@H](C2C[C@@](C)(OC)[C@@H](O)[C@H](C)O2)[C@H](C)[C@@H](O[C@H]2C[C@@H](N(C)CCC3=CN([C@H](CF)[C@H](OC)c4ccc(-n5ccnn5)cc4)NN3C)C[C@@H](C)O2)[C@](C)(O)C[C@@H](C)CN(C)[C@H](C)[C@@H](O)[C@]1(C)O. The highest BCUT2D eigenvalue weighted by Crippen LogP contribution is 2.45. The van der Waals surface area contributed by atoms with Gasteiger partial charge in [-0.3, -0.25) is 14.8 Å². The molecule has 420 valence electrons. The number of hydrazine groups is 2. The van der Waals surface area contributed by atoms with E-state index in [1.54, 1.807) is 57.1 Å². The lowest BCUT2D eigenvalue weighted by molar-refractivity contribution is -0.275. The predicted octanol–water partition coefficient (Wildman–Crippen LogP) is 4.78. The van der Waals surface area contributed by atoms with Crippen LogP contribution >= 0.6 is 0 Å². The summed E-state index contributed by atoms with van der Waals surface area (Å²) in [6.07, 6.45) is 0.891. The molecule has 1 aromatic heterocycles. The number of carbonyl (C=O) groups is 1. The topological polar surface area (TPSA) is 209 Å². The first kappa shape index (κ1) is 59.9. The molecule has 5 N–H and O–H groups in total. The lowest BCUT2D eigenvalue weighted by Gasteiger charge is -2.51. The molecule has 6 rings (SSSR count). The molecule has 3 fully saturated rings. The van der Waals surface area contributed by atoms with Crippen molar-refractivity contribution in [2.24, 2.45) is 23.7 Å². The van der Waals surface area contributed by atoms with Crippen LogP contribution in [0.15, 0.2) is 48.6 Å². The van der Waals surface area contributed by atoms with Gasteiger partial charge in [0, 0.05) is 83.5 Å². The van der Waals surface area contributed by atoms with E-state index >= 15 is 4.39 Å². The van der Waals surface area contributed by atoms with Gasteiger partial charge in [0.05, 0.1) is 59.6 Å². The number of likely N-dealkylation sites (N-methyl/N-ethyl adjacent to an activating group) is 1. The summed E-state index contributed by atoms with van der Waals surface area (Å²) >= 11 is 0. The Kier molecular flexibility index (Phi) is 20.2. The van der Waals surface area contributed by atoms with Crippen LogP contribution in [0.3, 0.4) is 0 Å². The Morgan fingerprint density at radius 1 is 0.986 bits per heavy atom. The number of aliphatic hydroxyl groups excluding tert-OH is 2. The van der Waals surface area contributed by atoms with Crippen molar-refractivity contribution in [2.75, 3.05) is 55.1 Å². The fourth-order valence-electron chi connectivity index (χ4n) is 12.5. The molecule has 0 bridgehead atoms. The van der Waals surface area contributed by atoms with Gasteiger partial charge in [-0.1, -0.05) is 45.0 Å². The molecule has 3 saturated heterocycles. The molecular weight excluding hydrogens is 956 g/mol. The summed E-state index contributed by atoms with van der Waals surface area (Å²) < 4.78 is 55.2. The number of halogens is 1. The third kappa shape index (κ3) is 13.3. The maximum absolute atomic E-state index is 15.0. The molecule has 0 radical (unpaired) electrons. The summed E-state index contributed by atoms with van der Waals surface area (Å²) in [5, 5.41) is 59.6. The molecule has 19 atom stereocenters. The molecule has 1 unspecified atom stereocenters. The van der Waals surface area contributed by atoms with Gasteiger partial charge in [-0.05, 0) is 104 Å². The number of cyclic esters (lactones) is 1. The largest absolute Gasteiger partial charge is 0.459 e. The molecule has 0 amide bonds. The number of nitrogens with zero attached hydrogens (tertiary/aromatic N) is 7. The zero-order valence-corrected chi connectivity index (χ0v) is 46.8. The third-order valence-electron chi connectivity index (χ3n) is 17.1. The lowest BCUT2D eigenvalue weighted by Crippen LogP contribution is -2.61. The average Bonchev–Trinajstić information content (AvgIpc) is 4.03. The first-order chi connectivity index (χ1) is 34.8. The smallest absolute Gasteiger partial charge is 0.309 e. The number of nitrogens with one attached hydrogen (secondary N) is 1. The number of alkyl halides is 1. The molecule has 74 heavy (non-hydrogen) atoms. The van der Waals surface area contributed by atoms with Crippen molar-refractivity contribution < 1.29 is 58.0 Å². The van der Waals surface area contributed by atoms with Gasteiger partial charge in [-0.15, -0.1) is 10.6 Å². The Morgan fingerprint density at radius 3 is 2.28 bits per heavy atom. The van der Waals surface area contributed by atoms with Crippen LogP contribution in [-0.4, -0.2) is 200 Å². The van der Waals surface area contributed by atoms with E-state index < -0.39 is 108 Å². The second kappa shape index (κ2) is 25.0. The van der Waals surface area contributed by atoms with Crippen molar-refractivity contribution in [1.29, 1.82) is 0 Å². The normalized spacial score (nSPS) is 39.3. The monoisotopic (exact) mass is 1050 g/mol. The number of aromatic nitrogens is 3. The molecule has 1 aromatic carbocycles. The maximum atomic E-state index is 15.0. The fourth-order valence-corrected chi connectivity index (χ4v) is 12.5. The molecule has 0 saturated carbocycles. The summed E-state index contributed by atoms with van der Waals surface area (Å²) in [4.78, 5) is 18.9. The molecule has 5 heterocycles. The van der Waals surface area contributed by atoms with Crippen molar-refractivity contribution in [3.63, 3.8) is 0 Å². The number of carbonyl (C=O) groups excluding carboxylic acids is 1. The van der Waals surface area contributed by atoms with Crippen molar-refractivity contribution in [2.45, 2.75) is 198 Å². The van der Waals surface area contributed by atoms with E-state index in [-0.39, 0.29) is 37.3 Å². The van der Waals surface area contributed by atoms with Crippen LogP contribution in [0.1, 0.15) is 119 Å². The van der Waals surface area contributed by atoms with E-state index in [1.165, 1.54) is 6.92 Å². The molecule has 2 aromatic rings. The van der Waals surface area contributed by atoms with Crippen molar-refractivity contribution in [1.82, 2.24) is 40.3 Å². The van der Waals surface area contributed by atoms with Crippen molar-refractivity contribution >= 4 is 5.97 Å². The number of ether oxygens (including phenoxy) is 6. The Morgan fingerprint density at radius 2 is 1.68 bits per heavy atom. The highest BCUT2D eigenvalue weighted by atomic mass is 19.1. The minimum Gasteiger partial charge on any atom is -0.459 e. The minimum atomic E-state index is -1.80. The van der Waals surface area contributed by atoms with Crippen LogP contribution < -0.4 is 5.53 Å². The number of methoxy groups -OCH3 is 2. The van der Waals surface area contributed by atoms with Crippen molar-refractivity contribution in [3.05, 3.63) is 54.1 Å². The van der Waals surface area contributed by atoms with Gasteiger partial charge in [-0.25, -0.2) is 9.07 Å². The van der Waals surface area contributed by atoms with Gasteiger partial charge in [0.15, 0.2) is 6.29 Å². The van der Waals surface area contributed by atoms with Gasteiger partial charge in [0.1, 0.15) is 42.7 Å². The Hall–Kier alpha value is -3.38. The van der Waals surface area contributed by atoms with E-state index in [0.717, 1.165) is 23.4 Å². The van der Waals surface area contributed by atoms with Crippen LogP contribution in [-0.2, 0) is 33.2 Å². The fraction of sp³-hybridized carbons (Fsp3) is 0.796. The summed E-state index contributed by atoms with van der Waals surface area (Å²) in [5.41, 5.74) is 1.62. The molecule has 0 spiro atoms. The summed E-state index contributed by atoms with van der Waals surface area (Å²) in [6, 6.07) is 6.45. The zero-order valence-electron chi connectivity index (χ0n) is 46.8. The predicted molar refractivity (Wildman–Crippen MR) is 277 cm³/mol. The Labute approximate surface area is 439 Å². The van der Waals surface area contributed by atoms with Gasteiger partial charge < -0.3 is 58.6 Å². The van der Waals surface area contributed by atoms with Gasteiger partial charge in [0.25, 0.3) is 0 Å². The van der Waals surface area contributed by atoms with Crippen molar-refractivity contribution in [3.8, 4) is 5.69 Å². The second-order valence-electron chi connectivity index (χ2n) is 22.9. The van der Waals surface area contributed by atoms with Crippen LogP contribution in [0.5, 0.6) is 0 Å². The number of hydrogen-bond donors (Lipinski definition) is 5. The number of benzene rings is 1. The molecule has 4 aliphatic rings. The van der Waals surface area contributed by atoms with Crippen LogP contribution in [0, 0.1) is 23.7 Å². The molecule has 4 aliphatic heterocycles. The summed E-state index contributed by atoms with van der Waals surface area (Å²) in [7, 11) is 9.01. The quantitative estimate of drug-likeness (QED) is 0.152. The van der Waals surface area contributed by atoms with E-state index in [0.29, 0.717) is 25.9 Å². The molecule has 0 aliphatic carbocycles. The Bertz CT molecular complexity index is 2110. The highest BCUT2D eigenvalue weighted by Gasteiger charge is 2.54. The minimum absolute atomic E-state index is 0.0231. The van der Waals surface area contributed by atoms with E-state index in [4.69, 9.17) is 28.4 Å². The number of esters is 1. The van der Waals surface area contributed by atoms with E-state index in [9.17, 15) is 25.2 Å². The molecular formula is C54H91FN8O11. The van der Waals surface area contributed by atoms with Crippen LogP contribution in [0.2, 0.25) is 0 Å². The van der Waals surface area contributed by atoms with Gasteiger partial charge in [-0.2, -0.15) is 0 Å². The highest BCUT2D eigenvalue weighted by molar-refractivity contribution is 5.73. The standard InChI is InChI=1S/C54H91FN8O11/c1-16-44-54(10,68)48(64)36(6)60(12)30-32(2)27-52(8,67)50(34(4)46(35(5)51(66)73-44)43-28-53(9,70-15)49(65)37(7)72-43)74-45-26-41(25-33(3)71-45)59(11)23-21-40-31-63(58-61(40)13)42(29-55)47(69-14)38-17-19-39(20-18-38)62-24-22-56-57-62/h17-20,22,24,31-37,41-50,58,64-65,67-68H,16,21,23,25-30H2,1-15H3/t32-,33-,34+,35-,36-,37+,41+,42-,43?,44-,45+,46+,47-,48-,49+,50-,52-,53-,54-/m1/s1. The van der Waals surface area contributed by atoms with Gasteiger partial charge >= 0.3 is 5.97 Å². The Balaban J connectivity index is 1.25. The van der Waals surface area contributed by atoms with E-state index in [2.05, 4.69) is 27.8 Å². The maximum Gasteiger partial charge on any atom is 0.309 e. The van der Waals surface area contributed by atoms with E-state index in [1.807, 2.05) is 96.0 Å². The molecule has 19 nitrogen and oxygen atoms in total. The van der Waals surface area contributed by atoms with Crippen LogP contribution in [0.25, 0.3) is 5.69 Å². The van der Waals surface area contributed by atoms with Gasteiger partial charge in [0.2, 0.25) is 0 Å². The average molecular weight is 1050 g/mol. The summed E-state index contributed by atoms with van der Waals surface area (Å²) in [6.45, 7) is 18.8. The zero-order chi connectivity index (χ0) is 54.6. The second-order valence-corrected chi connectivity index (χ2v) is 22.9. The first-order valence-corrected chi connectivity index (χ1v) is 26.8.